The molecule has 0 aliphatic carbocycles. The Labute approximate surface area is 123 Å². The molecule has 0 aliphatic rings. The average molecular weight is 286 g/mol. The number of carbonyl (C=O) groups excluding carboxylic acids is 1. The summed E-state index contributed by atoms with van der Waals surface area (Å²) in [5.74, 6) is 0. The molecule has 0 spiro atoms. The van der Waals surface area contributed by atoms with Crippen molar-refractivity contribution >= 4 is 29.2 Å². The van der Waals surface area contributed by atoms with Gasteiger partial charge in [-0.3, -0.25) is 0 Å². The maximum Gasteiger partial charge on any atom is 0.323 e. The van der Waals surface area contributed by atoms with Crippen LogP contribution in [0.15, 0.2) is 47.4 Å². The van der Waals surface area contributed by atoms with Gasteiger partial charge in [-0.05, 0) is 49.9 Å². The lowest BCUT2D eigenvalue weighted by Gasteiger charge is -2.11. The van der Waals surface area contributed by atoms with Crippen LogP contribution in [0.2, 0.25) is 0 Å². The summed E-state index contributed by atoms with van der Waals surface area (Å²) in [6, 6.07) is 13.5. The highest BCUT2D eigenvalue weighted by molar-refractivity contribution is 7.98. The minimum absolute atomic E-state index is 0.227. The van der Waals surface area contributed by atoms with E-state index in [1.807, 2.05) is 62.6 Å². The minimum atomic E-state index is -0.227. The topological polar surface area (TPSA) is 41.1 Å². The molecule has 2 amide bonds. The van der Waals surface area contributed by atoms with Crippen LogP contribution >= 0.6 is 11.8 Å². The molecule has 0 bridgehead atoms. The molecule has 0 heterocycles. The van der Waals surface area contributed by atoms with Crippen molar-refractivity contribution in [2.24, 2.45) is 0 Å². The first-order chi connectivity index (χ1) is 9.58. The van der Waals surface area contributed by atoms with Crippen LogP contribution in [0.4, 0.5) is 16.2 Å². The van der Waals surface area contributed by atoms with Crippen molar-refractivity contribution in [2.45, 2.75) is 18.7 Å². The zero-order valence-electron chi connectivity index (χ0n) is 11.9. The Bertz CT molecular complexity index is 626. The monoisotopic (exact) mass is 286 g/mol. The van der Waals surface area contributed by atoms with Crippen LogP contribution in [0.3, 0.4) is 0 Å². The molecule has 104 valence electrons. The van der Waals surface area contributed by atoms with E-state index in [0.717, 1.165) is 21.8 Å². The number of carbonyl (C=O) groups is 1. The Morgan fingerprint density at radius 1 is 1.05 bits per heavy atom. The Balaban J connectivity index is 2.05. The molecule has 0 unspecified atom stereocenters. The number of thioether (sulfide) groups is 1. The van der Waals surface area contributed by atoms with Gasteiger partial charge in [-0.25, -0.2) is 4.79 Å². The van der Waals surface area contributed by atoms with E-state index in [1.165, 1.54) is 5.56 Å². The predicted octanol–water partition coefficient (Wildman–Crippen LogP) is 4.67. The molecule has 0 saturated carbocycles. The van der Waals surface area contributed by atoms with Gasteiger partial charge in [0.1, 0.15) is 0 Å². The summed E-state index contributed by atoms with van der Waals surface area (Å²) < 4.78 is 0. The highest BCUT2D eigenvalue weighted by Crippen LogP contribution is 2.20. The van der Waals surface area contributed by atoms with E-state index in [1.54, 1.807) is 11.8 Å². The van der Waals surface area contributed by atoms with Crippen molar-refractivity contribution in [2.75, 3.05) is 16.9 Å². The fourth-order valence-corrected chi connectivity index (χ4v) is 2.40. The van der Waals surface area contributed by atoms with Crippen LogP contribution in [0.25, 0.3) is 0 Å². The number of anilines is 2. The molecular formula is C16H18N2OS. The first-order valence-corrected chi connectivity index (χ1v) is 7.60. The molecule has 2 aromatic carbocycles. The van der Waals surface area contributed by atoms with E-state index in [9.17, 15) is 4.79 Å². The van der Waals surface area contributed by atoms with E-state index in [-0.39, 0.29) is 6.03 Å². The van der Waals surface area contributed by atoms with Crippen LogP contribution in [-0.2, 0) is 0 Å². The van der Waals surface area contributed by atoms with Gasteiger partial charge in [-0.15, -0.1) is 11.8 Å². The van der Waals surface area contributed by atoms with Crippen molar-refractivity contribution < 1.29 is 4.79 Å². The summed E-state index contributed by atoms with van der Waals surface area (Å²) in [5, 5.41) is 5.71. The van der Waals surface area contributed by atoms with E-state index in [2.05, 4.69) is 10.6 Å². The molecular weight excluding hydrogens is 268 g/mol. The second-order valence-corrected chi connectivity index (χ2v) is 5.51. The van der Waals surface area contributed by atoms with Crippen LogP contribution in [-0.4, -0.2) is 12.3 Å². The lowest BCUT2D eigenvalue weighted by molar-refractivity contribution is 0.262. The Morgan fingerprint density at radius 3 is 2.55 bits per heavy atom. The molecule has 4 heteroatoms. The summed E-state index contributed by atoms with van der Waals surface area (Å²) in [4.78, 5) is 13.1. The van der Waals surface area contributed by atoms with Gasteiger partial charge in [-0.1, -0.05) is 23.8 Å². The smallest absolute Gasteiger partial charge is 0.308 e. The summed E-state index contributed by atoms with van der Waals surface area (Å²) >= 11 is 1.65. The normalized spacial score (nSPS) is 10.2. The van der Waals surface area contributed by atoms with Gasteiger partial charge >= 0.3 is 6.03 Å². The molecule has 2 aromatic rings. The third kappa shape index (κ3) is 3.78. The number of amides is 2. The molecule has 0 aliphatic heterocycles. The number of benzene rings is 2. The molecule has 20 heavy (non-hydrogen) atoms. The highest BCUT2D eigenvalue weighted by Gasteiger charge is 2.05. The molecule has 2 N–H and O–H groups in total. The first-order valence-electron chi connectivity index (χ1n) is 6.38. The average Bonchev–Trinajstić information content (AvgIpc) is 2.42. The van der Waals surface area contributed by atoms with Gasteiger partial charge in [0.05, 0.1) is 0 Å². The van der Waals surface area contributed by atoms with Crippen molar-refractivity contribution in [1.82, 2.24) is 0 Å². The van der Waals surface area contributed by atoms with Crippen molar-refractivity contribution in [1.29, 1.82) is 0 Å². The number of rotatable bonds is 3. The predicted molar refractivity (Wildman–Crippen MR) is 86.8 cm³/mol. The molecule has 3 nitrogen and oxygen atoms in total. The second-order valence-electron chi connectivity index (χ2n) is 4.63. The summed E-state index contributed by atoms with van der Waals surface area (Å²) in [6.45, 7) is 4.02. The SMILES string of the molecule is CSc1cccc(NC(=O)Nc2ccc(C)cc2C)c1. The number of hydrogen-bond acceptors (Lipinski definition) is 2. The molecule has 2 rings (SSSR count). The van der Waals surface area contributed by atoms with Crippen LogP contribution < -0.4 is 10.6 Å². The van der Waals surface area contributed by atoms with Crippen LogP contribution in [0, 0.1) is 13.8 Å². The quantitative estimate of drug-likeness (QED) is 0.805. The van der Waals surface area contributed by atoms with Crippen molar-refractivity contribution in [3.05, 3.63) is 53.6 Å². The van der Waals surface area contributed by atoms with Gasteiger partial charge in [-0.2, -0.15) is 0 Å². The zero-order valence-corrected chi connectivity index (χ0v) is 12.7. The Morgan fingerprint density at radius 2 is 1.85 bits per heavy atom. The zero-order chi connectivity index (χ0) is 14.5. The minimum Gasteiger partial charge on any atom is -0.308 e. The molecule has 0 radical (unpaired) electrons. The number of urea groups is 1. The summed E-state index contributed by atoms with van der Waals surface area (Å²) in [6.07, 6.45) is 2.01. The third-order valence-corrected chi connectivity index (χ3v) is 3.68. The Hall–Kier alpha value is -1.94. The number of nitrogens with one attached hydrogen (secondary N) is 2. The standard InChI is InChI=1S/C16H18N2OS/c1-11-7-8-15(12(2)9-11)18-16(19)17-13-5-4-6-14(10-13)20-3/h4-10H,1-3H3,(H2,17,18,19). The number of aryl methyl sites for hydroxylation is 2. The third-order valence-electron chi connectivity index (χ3n) is 2.96. The van der Waals surface area contributed by atoms with E-state index in [4.69, 9.17) is 0 Å². The highest BCUT2D eigenvalue weighted by atomic mass is 32.2. The summed E-state index contributed by atoms with van der Waals surface area (Å²) in [5.41, 5.74) is 3.85. The lowest BCUT2D eigenvalue weighted by atomic mass is 10.1. The van der Waals surface area contributed by atoms with Gasteiger partial charge in [0.15, 0.2) is 0 Å². The van der Waals surface area contributed by atoms with Gasteiger partial charge in [0, 0.05) is 16.3 Å². The molecule has 0 aromatic heterocycles. The second kappa shape index (κ2) is 6.48. The van der Waals surface area contributed by atoms with E-state index in [0.29, 0.717) is 0 Å². The van der Waals surface area contributed by atoms with Gasteiger partial charge < -0.3 is 10.6 Å². The molecule has 0 atom stereocenters. The molecule has 0 fully saturated rings. The van der Waals surface area contributed by atoms with Gasteiger partial charge in [0.2, 0.25) is 0 Å². The van der Waals surface area contributed by atoms with Crippen molar-refractivity contribution in [3.63, 3.8) is 0 Å². The van der Waals surface area contributed by atoms with E-state index < -0.39 is 0 Å². The van der Waals surface area contributed by atoms with E-state index >= 15 is 0 Å². The van der Waals surface area contributed by atoms with Gasteiger partial charge in [0.25, 0.3) is 0 Å². The maximum absolute atomic E-state index is 12.0. The van der Waals surface area contributed by atoms with Crippen molar-refractivity contribution in [3.8, 4) is 0 Å². The lowest BCUT2D eigenvalue weighted by Crippen LogP contribution is -2.19. The maximum atomic E-state index is 12.0. The Kier molecular flexibility index (Phi) is 4.69. The number of hydrogen-bond donors (Lipinski definition) is 2. The molecule has 0 saturated heterocycles. The van der Waals surface area contributed by atoms with Crippen LogP contribution in [0.1, 0.15) is 11.1 Å². The largest absolute Gasteiger partial charge is 0.323 e. The fourth-order valence-electron chi connectivity index (χ4n) is 1.94. The summed E-state index contributed by atoms with van der Waals surface area (Å²) in [7, 11) is 0. The van der Waals surface area contributed by atoms with Crippen LogP contribution in [0.5, 0.6) is 0 Å². The first kappa shape index (κ1) is 14.5. The fraction of sp³-hybridized carbons (Fsp3) is 0.188.